The fourth-order valence-electron chi connectivity index (χ4n) is 0.833. The van der Waals surface area contributed by atoms with E-state index in [1.165, 1.54) is 0 Å². The lowest BCUT2D eigenvalue weighted by molar-refractivity contribution is 0.484. The van der Waals surface area contributed by atoms with Gasteiger partial charge in [-0.1, -0.05) is 20.8 Å². The number of nitrogens with one attached hydrogen (secondary N) is 2. The minimum absolute atomic E-state index is 0.590. The average Bonchev–Trinajstić information content (AvgIpc) is 1.85. The zero-order valence-corrected chi connectivity index (χ0v) is 7.57. The minimum atomic E-state index is 0.590. The second-order valence-corrected chi connectivity index (χ2v) is 3.02. The molecule has 1 atom stereocenters. The van der Waals surface area contributed by atoms with Crippen LogP contribution in [-0.4, -0.2) is 25.2 Å². The standard InChI is InChI=1S/C8H20N2/c1-5-9-8(4)6-10-7(2)3/h7-10H,5-6H2,1-4H3. The van der Waals surface area contributed by atoms with Crippen molar-refractivity contribution in [2.24, 2.45) is 0 Å². The van der Waals surface area contributed by atoms with Crippen LogP contribution in [0.2, 0.25) is 0 Å². The third-order valence-corrected chi connectivity index (χ3v) is 1.38. The number of rotatable bonds is 5. The summed E-state index contributed by atoms with van der Waals surface area (Å²) in [6.07, 6.45) is 0. The summed E-state index contributed by atoms with van der Waals surface area (Å²) < 4.78 is 0. The lowest BCUT2D eigenvalue weighted by atomic mass is 10.3. The van der Waals surface area contributed by atoms with Crippen LogP contribution in [0.1, 0.15) is 27.7 Å². The first-order chi connectivity index (χ1) is 4.66. The first-order valence-electron chi connectivity index (χ1n) is 4.13. The van der Waals surface area contributed by atoms with Crippen molar-refractivity contribution in [3.05, 3.63) is 0 Å². The third-order valence-electron chi connectivity index (χ3n) is 1.38. The highest BCUT2D eigenvalue weighted by molar-refractivity contribution is 4.63. The van der Waals surface area contributed by atoms with Gasteiger partial charge in [-0.2, -0.15) is 0 Å². The van der Waals surface area contributed by atoms with E-state index in [4.69, 9.17) is 0 Å². The van der Waals surface area contributed by atoms with Crippen LogP contribution in [0.5, 0.6) is 0 Å². The van der Waals surface area contributed by atoms with E-state index >= 15 is 0 Å². The summed E-state index contributed by atoms with van der Waals surface area (Å²) in [6.45, 7) is 10.8. The van der Waals surface area contributed by atoms with Gasteiger partial charge in [-0.3, -0.25) is 0 Å². The molecule has 0 bridgehead atoms. The molecule has 0 aliphatic heterocycles. The van der Waals surface area contributed by atoms with Gasteiger partial charge in [-0.05, 0) is 13.5 Å². The summed E-state index contributed by atoms with van der Waals surface area (Å²) in [5.74, 6) is 0. The van der Waals surface area contributed by atoms with Crippen LogP contribution in [0.3, 0.4) is 0 Å². The summed E-state index contributed by atoms with van der Waals surface area (Å²) >= 11 is 0. The molecule has 0 spiro atoms. The molecular weight excluding hydrogens is 124 g/mol. The molecule has 0 heterocycles. The first kappa shape index (κ1) is 9.92. The smallest absolute Gasteiger partial charge is 0.0164 e. The summed E-state index contributed by atoms with van der Waals surface area (Å²) in [5.41, 5.74) is 0. The lowest BCUT2D eigenvalue weighted by Gasteiger charge is -2.14. The Balaban J connectivity index is 3.12. The molecule has 10 heavy (non-hydrogen) atoms. The van der Waals surface area contributed by atoms with Crippen LogP contribution in [0.4, 0.5) is 0 Å². The van der Waals surface area contributed by atoms with Gasteiger partial charge in [0, 0.05) is 18.6 Å². The summed E-state index contributed by atoms with van der Waals surface area (Å²) in [4.78, 5) is 0. The van der Waals surface area contributed by atoms with Crippen molar-refractivity contribution in [2.45, 2.75) is 39.8 Å². The normalized spacial score (nSPS) is 14.1. The molecule has 1 unspecified atom stereocenters. The average molecular weight is 144 g/mol. The Hall–Kier alpha value is -0.0800. The molecule has 0 aliphatic rings. The molecule has 0 aromatic heterocycles. The van der Waals surface area contributed by atoms with E-state index in [0.29, 0.717) is 12.1 Å². The number of hydrogen-bond donors (Lipinski definition) is 2. The highest BCUT2D eigenvalue weighted by atomic mass is 15.0. The van der Waals surface area contributed by atoms with Gasteiger partial charge >= 0.3 is 0 Å². The predicted molar refractivity (Wildman–Crippen MR) is 46.3 cm³/mol. The largest absolute Gasteiger partial charge is 0.313 e. The van der Waals surface area contributed by atoms with Crippen molar-refractivity contribution in [2.75, 3.05) is 13.1 Å². The zero-order valence-electron chi connectivity index (χ0n) is 7.57. The van der Waals surface area contributed by atoms with Gasteiger partial charge in [0.1, 0.15) is 0 Å². The Bertz CT molecular complexity index is 71.7. The van der Waals surface area contributed by atoms with Gasteiger partial charge in [0.05, 0.1) is 0 Å². The number of hydrogen-bond acceptors (Lipinski definition) is 2. The molecule has 0 amide bonds. The maximum Gasteiger partial charge on any atom is 0.0164 e. The highest BCUT2D eigenvalue weighted by Crippen LogP contribution is 1.80. The van der Waals surface area contributed by atoms with Crippen molar-refractivity contribution < 1.29 is 0 Å². The Morgan fingerprint density at radius 2 is 1.70 bits per heavy atom. The van der Waals surface area contributed by atoms with Crippen LogP contribution in [0.25, 0.3) is 0 Å². The highest BCUT2D eigenvalue weighted by Gasteiger charge is 1.98. The second kappa shape index (κ2) is 5.69. The maximum atomic E-state index is 3.37. The lowest BCUT2D eigenvalue weighted by Crippen LogP contribution is -2.38. The van der Waals surface area contributed by atoms with Crippen molar-refractivity contribution in [1.82, 2.24) is 10.6 Å². The molecule has 0 aromatic carbocycles. The Labute approximate surface area is 64.4 Å². The summed E-state index contributed by atoms with van der Waals surface area (Å²) in [7, 11) is 0. The van der Waals surface area contributed by atoms with Gasteiger partial charge in [0.2, 0.25) is 0 Å². The van der Waals surface area contributed by atoms with E-state index in [9.17, 15) is 0 Å². The molecule has 0 aromatic rings. The van der Waals surface area contributed by atoms with Gasteiger partial charge in [0.25, 0.3) is 0 Å². The van der Waals surface area contributed by atoms with E-state index in [2.05, 4.69) is 38.3 Å². The van der Waals surface area contributed by atoms with E-state index in [1.54, 1.807) is 0 Å². The van der Waals surface area contributed by atoms with Gasteiger partial charge < -0.3 is 10.6 Å². The molecule has 0 fully saturated rings. The molecule has 0 radical (unpaired) electrons. The monoisotopic (exact) mass is 144 g/mol. The number of likely N-dealkylation sites (N-methyl/N-ethyl adjacent to an activating group) is 1. The molecular formula is C8H20N2. The Morgan fingerprint density at radius 1 is 1.10 bits per heavy atom. The Morgan fingerprint density at radius 3 is 2.10 bits per heavy atom. The zero-order chi connectivity index (χ0) is 7.98. The van der Waals surface area contributed by atoms with Gasteiger partial charge in [-0.25, -0.2) is 0 Å². The van der Waals surface area contributed by atoms with Crippen molar-refractivity contribution in [3.8, 4) is 0 Å². The molecule has 2 heteroatoms. The van der Waals surface area contributed by atoms with Crippen LogP contribution in [-0.2, 0) is 0 Å². The van der Waals surface area contributed by atoms with Crippen LogP contribution < -0.4 is 10.6 Å². The quantitative estimate of drug-likeness (QED) is 0.601. The third kappa shape index (κ3) is 6.05. The van der Waals surface area contributed by atoms with Crippen molar-refractivity contribution >= 4 is 0 Å². The summed E-state index contributed by atoms with van der Waals surface area (Å²) in [6, 6.07) is 1.19. The fourth-order valence-corrected chi connectivity index (χ4v) is 0.833. The molecule has 2 nitrogen and oxygen atoms in total. The van der Waals surface area contributed by atoms with Crippen molar-refractivity contribution in [1.29, 1.82) is 0 Å². The SMILES string of the molecule is CCNC(C)CNC(C)C. The molecule has 62 valence electrons. The topological polar surface area (TPSA) is 24.1 Å². The summed E-state index contributed by atoms with van der Waals surface area (Å²) in [5, 5.41) is 6.71. The minimum Gasteiger partial charge on any atom is -0.313 e. The van der Waals surface area contributed by atoms with Crippen molar-refractivity contribution in [3.63, 3.8) is 0 Å². The molecule has 0 rings (SSSR count). The second-order valence-electron chi connectivity index (χ2n) is 3.02. The molecule has 0 saturated heterocycles. The predicted octanol–water partition coefficient (Wildman–Crippen LogP) is 0.982. The fraction of sp³-hybridized carbons (Fsp3) is 1.00. The van der Waals surface area contributed by atoms with Gasteiger partial charge in [-0.15, -0.1) is 0 Å². The van der Waals surface area contributed by atoms with Crippen LogP contribution >= 0.6 is 0 Å². The first-order valence-corrected chi connectivity index (χ1v) is 4.13. The van der Waals surface area contributed by atoms with E-state index in [0.717, 1.165) is 13.1 Å². The van der Waals surface area contributed by atoms with E-state index in [1.807, 2.05) is 0 Å². The molecule has 0 aliphatic carbocycles. The van der Waals surface area contributed by atoms with Crippen LogP contribution in [0, 0.1) is 0 Å². The van der Waals surface area contributed by atoms with E-state index < -0.39 is 0 Å². The Kier molecular flexibility index (Phi) is 5.64. The van der Waals surface area contributed by atoms with Crippen LogP contribution in [0.15, 0.2) is 0 Å². The van der Waals surface area contributed by atoms with E-state index in [-0.39, 0.29) is 0 Å². The molecule has 0 saturated carbocycles. The van der Waals surface area contributed by atoms with Gasteiger partial charge in [0.15, 0.2) is 0 Å². The molecule has 2 N–H and O–H groups in total. The maximum absolute atomic E-state index is 3.37.